The number of alkyl halides is 3. The molecule has 0 radical (unpaired) electrons. The van der Waals surface area contributed by atoms with E-state index in [2.05, 4.69) is 11.0 Å². The van der Waals surface area contributed by atoms with Crippen LogP contribution in [0.5, 0.6) is 0 Å². The van der Waals surface area contributed by atoms with E-state index in [9.17, 15) is 18.4 Å². The smallest absolute Gasteiger partial charge is 0.299 e. The summed E-state index contributed by atoms with van der Waals surface area (Å²) >= 11 is 0. The SMILES string of the molecule is CCc1cc(/C=C/c2cccc(-c3ccccc3)c2C#N)c(C(F)(F)F)cc1CN1CCCCC1. The monoisotopic (exact) mass is 474 g/mol. The molecule has 0 N–H and O–H groups in total. The van der Waals surface area contributed by atoms with Gasteiger partial charge in [-0.2, -0.15) is 18.4 Å². The number of nitrogens with zero attached hydrogens (tertiary/aromatic N) is 2. The first kappa shape index (κ1) is 24.8. The maximum Gasteiger partial charge on any atom is 0.416 e. The quantitative estimate of drug-likeness (QED) is 0.339. The third-order valence-corrected chi connectivity index (χ3v) is 6.64. The summed E-state index contributed by atoms with van der Waals surface area (Å²) in [5.74, 6) is 0. The molecule has 0 spiro atoms. The predicted octanol–water partition coefficient (Wildman–Crippen LogP) is 7.96. The number of hydrogen-bond donors (Lipinski definition) is 0. The van der Waals surface area contributed by atoms with E-state index in [0.717, 1.165) is 48.2 Å². The first-order valence-electron chi connectivity index (χ1n) is 12.1. The lowest BCUT2D eigenvalue weighted by Crippen LogP contribution is -2.29. The Kier molecular flexibility index (Phi) is 7.73. The Morgan fingerprint density at radius 2 is 1.60 bits per heavy atom. The van der Waals surface area contributed by atoms with Crippen molar-refractivity contribution in [2.24, 2.45) is 0 Å². The Bertz CT molecular complexity index is 1230. The zero-order valence-electron chi connectivity index (χ0n) is 19.9. The first-order chi connectivity index (χ1) is 16.9. The molecule has 4 rings (SSSR count). The molecule has 1 fully saturated rings. The van der Waals surface area contributed by atoms with Crippen molar-refractivity contribution in [2.75, 3.05) is 13.1 Å². The largest absolute Gasteiger partial charge is 0.416 e. The molecular formula is C30H29F3N2. The van der Waals surface area contributed by atoms with Crippen LogP contribution in [0.2, 0.25) is 0 Å². The average Bonchev–Trinajstić information content (AvgIpc) is 2.88. The molecule has 35 heavy (non-hydrogen) atoms. The van der Waals surface area contributed by atoms with Crippen LogP contribution >= 0.6 is 0 Å². The topological polar surface area (TPSA) is 27.0 Å². The Morgan fingerprint density at radius 1 is 0.886 bits per heavy atom. The minimum Gasteiger partial charge on any atom is -0.299 e. The fraction of sp³-hybridized carbons (Fsp3) is 0.300. The highest BCUT2D eigenvalue weighted by molar-refractivity contribution is 5.81. The summed E-state index contributed by atoms with van der Waals surface area (Å²) in [6.45, 7) is 4.39. The fourth-order valence-corrected chi connectivity index (χ4v) is 4.80. The Hall–Kier alpha value is -3.36. The zero-order valence-corrected chi connectivity index (χ0v) is 19.9. The van der Waals surface area contributed by atoms with E-state index in [-0.39, 0.29) is 5.56 Å². The number of aryl methyl sites for hydroxylation is 1. The van der Waals surface area contributed by atoms with Crippen LogP contribution in [0, 0.1) is 11.3 Å². The molecule has 1 aliphatic heterocycles. The van der Waals surface area contributed by atoms with Gasteiger partial charge in [0.15, 0.2) is 0 Å². The lowest BCUT2D eigenvalue weighted by molar-refractivity contribution is -0.137. The number of halogens is 3. The molecule has 1 heterocycles. The van der Waals surface area contributed by atoms with Gasteiger partial charge >= 0.3 is 6.18 Å². The molecule has 2 nitrogen and oxygen atoms in total. The molecule has 0 saturated carbocycles. The van der Waals surface area contributed by atoms with Gasteiger partial charge in [-0.1, -0.05) is 80.1 Å². The van der Waals surface area contributed by atoms with Crippen LogP contribution in [-0.2, 0) is 19.1 Å². The van der Waals surface area contributed by atoms with Gasteiger partial charge in [0.2, 0.25) is 0 Å². The van der Waals surface area contributed by atoms with Gasteiger partial charge in [0, 0.05) is 12.1 Å². The zero-order chi connectivity index (χ0) is 24.8. The third-order valence-electron chi connectivity index (χ3n) is 6.64. The second-order valence-electron chi connectivity index (χ2n) is 8.98. The normalized spacial score (nSPS) is 14.8. The van der Waals surface area contributed by atoms with Gasteiger partial charge < -0.3 is 0 Å². The van der Waals surface area contributed by atoms with E-state index >= 15 is 0 Å². The van der Waals surface area contributed by atoms with Crippen molar-refractivity contribution in [1.29, 1.82) is 5.26 Å². The molecule has 3 aromatic rings. The second-order valence-corrected chi connectivity index (χ2v) is 8.98. The van der Waals surface area contributed by atoms with Crippen LogP contribution in [-0.4, -0.2) is 18.0 Å². The highest BCUT2D eigenvalue weighted by Crippen LogP contribution is 2.36. The first-order valence-corrected chi connectivity index (χ1v) is 12.1. The standard InChI is InChI=1S/C30H29F3N2/c1-2-22-18-25(29(30(31,32)33)19-26(22)21-35-16-7-4-8-17-35)15-14-24-12-9-13-27(28(24)20-34)23-10-5-3-6-11-23/h3,5-6,9-15,18-19H,2,4,7-8,16-17,21H2,1H3/b15-14+. The van der Waals surface area contributed by atoms with Crippen molar-refractivity contribution < 1.29 is 13.2 Å². The lowest BCUT2D eigenvalue weighted by Gasteiger charge is -2.28. The lowest BCUT2D eigenvalue weighted by atomic mass is 9.93. The van der Waals surface area contributed by atoms with Crippen LogP contribution in [0.3, 0.4) is 0 Å². The minimum absolute atomic E-state index is 0.130. The molecule has 0 bridgehead atoms. The molecule has 0 unspecified atom stereocenters. The number of rotatable bonds is 6. The summed E-state index contributed by atoms with van der Waals surface area (Å²) < 4.78 is 42.3. The average molecular weight is 475 g/mol. The van der Waals surface area contributed by atoms with Crippen LogP contribution < -0.4 is 0 Å². The summed E-state index contributed by atoms with van der Waals surface area (Å²) in [7, 11) is 0. The summed E-state index contributed by atoms with van der Waals surface area (Å²) in [6.07, 6.45) is 2.69. The van der Waals surface area contributed by atoms with Gasteiger partial charge in [-0.3, -0.25) is 4.90 Å². The molecule has 0 aliphatic carbocycles. The molecule has 0 atom stereocenters. The van der Waals surface area contributed by atoms with Crippen molar-refractivity contribution in [3.8, 4) is 17.2 Å². The summed E-state index contributed by atoms with van der Waals surface area (Å²) in [4.78, 5) is 2.25. The Morgan fingerprint density at radius 3 is 2.26 bits per heavy atom. The van der Waals surface area contributed by atoms with E-state index in [1.807, 2.05) is 49.4 Å². The Labute approximate surface area is 205 Å². The van der Waals surface area contributed by atoms with Crippen LogP contribution in [0.25, 0.3) is 23.3 Å². The molecule has 3 aromatic carbocycles. The predicted molar refractivity (Wildman–Crippen MR) is 135 cm³/mol. The highest BCUT2D eigenvalue weighted by Gasteiger charge is 2.34. The van der Waals surface area contributed by atoms with E-state index < -0.39 is 11.7 Å². The van der Waals surface area contributed by atoms with Gasteiger partial charge in [-0.25, -0.2) is 0 Å². The van der Waals surface area contributed by atoms with Gasteiger partial charge in [0.1, 0.15) is 6.07 Å². The van der Waals surface area contributed by atoms with E-state index in [1.54, 1.807) is 18.2 Å². The van der Waals surface area contributed by atoms with Crippen LogP contribution in [0.15, 0.2) is 60.7 Å². The molecule has 0 amide bonds. The van der Waals surface area contributed by atoms with Gasteiger partial charge in [-0.05, 0) is 66.2 Å². The number of nitriles is 1. The minimum atomic E-state index is -4.47. The molecule has 1 aliphatic rings. The number of piperidine rings is 1. The summed E-state index contributed by atoms with van der Waals surface area (Å²) in [5, 5.41) is 9.85. The summed E-state index contributed by atoms with van der Waals surface area (Å²) in [5.41, 5.74) is 3.88. The maximum absolute atomic E-state index is 14.1. The van der Waals surface area contributed by atoms with Gasteiger partial charge in [-0.15, -0.1) is 0 Å². The fourth-order valence-electron chi connectivity index (χ4n) is 4.80. The van der Waals surface area contributed by atoms with Gasteiger partial charge in [0.25, 0.3) is 0 Å². The summed E-state index contributed by atoms with van der Waals surface area (Å²) in [6, 6.07) is 20.2. The second kappa shape index (κ2) is 10.9. The molecule has 1 saturated heterocycles. The Balaban J connectivity index is 1.73. The molecule has 0 aromatic heterocycles. The number of hydrogen-bond acceptors (Lipinski definition) is 2. The van der Waals surface area contributed by atoms with E-state index in [1.165, 1.54) is 18.6 Å². The van der Waals surface area contributed by atoms with Crippen LogP contribution in [0.1, 0.15) is 59.6 Å². The highest BCUT2D eigenvalue weighted by atomic mass is 19.4. The van der Waals surface area contributed by atoms with Crippen molar-refractivity contribution in [1.82, 2.24) is 4.90 Å². The van der Waals surface area contributed by atoms with Gasteiger partial charge in [0.05, 0.1) is 11.1 Å². The maximum atomic E-state index is 14.1. The van der Waals surface area contributed by atoms with Crippen molar-refractivity contribution in [2.45, 2.75) is 45.3 Å². The number of benzene rings is 3. The third kappa shape index (κ3) is 5.83. The van der Waals surface area contributed by atoms with Crippen molar-refractivity contribution in [3.63, 3.8) is 0 Å². The molecule has 180 valence electrons. The van der Waals surface area contributed by atoms with Crippen LogP contribution in [0.4, 0.5) is 13.2 Å². The van der Waals surface area contributed by atoms with Crippen molar-refractivity contribution in [3.05, 3.63) is 94.0 Å². The van der Waals surface area contributed by atoms with Crippen molar-refractivity contribution >= 4 is 12.2 Å². The number of likely N-dealkylation sites (tertiary alicyclic amines) is 1. The van der Waals surface area contributed by atoms with E-state index in [4.69, 9.17) is 0 Å². The molecule has 5 heteroatoms. The molecular weight excluding hydrogens is 445 g/mol. The van der Waals surface area contributed by atoms with E-state index in [0.29, 0.717) is 24.1 Å².